The first-order chi connectivity index (χ1) is 9.86. The lowest BCUT2D eigenvalue weighted by atomic mass is 10.1. The molecule has 0 amide bonds. The van der Waals surface area contributed by atoms with Crippen LogP contribution in [0.4, 0.5) is 5.82 Å². The summed E-state index contributed by atoms with van der Waals surface area (Å²) < 4.78 is 2.07. The molecule has 2 aromatic heterocycles. The summed E-state index contributed by atoms with van der Waals surface area (Å²) in [4.78, 5) is 9.18. The molecule has 3 rings (SSSR count). The Hall–Kier alpha value is -1.23. The van der Waals surface area contributed by atoms with Crippen LogP contribution >= 0.6 is 11.8 Å². The van der Waals surface area contributed by atoms with Gasteiger partial charge in [-0.2, -0.15) is 0 Å². The molecule has 1 fully saturated rings. The zero-order valence-corrected chi connectivity index (χ0v) is 12.8. The Morgan fingerprint density at radius 1 is 1.40 bits per heavy atom. The molecule has 0 radical (unpaired) electrons. The molecule has 0 unspecified atom stereocenters. The minimum absolute atomic E-state index is 0.865. The Kier molecular flexibility index (Phi) is 4.45. The Labute approximate surface area is 124 Å². The highest BCUT2D eigenvalue weighted by Crippen LogP contribution is 2.31. The lowest BCUT2D eigenvalue weighted by Gasteiger charge is -2.11. The maximum atomic E-state index is 4.74. The minimum atomic E-state index is 0.865. The lowest BCUT2D eigenvalue weighted by molar-refractivity contribution is 0.623. The molecule has 2 aromatic rings. The first kappa shape index (κ1) is 13.7. The van der Waals surface area contributed by atoms with Crippen LogP contribution in [0.5, 0.6) is 0 Å². The van der Waals surface area contributed by atoms with Crippen molar-refractivity contribution in [1.82, 2.24) is 14.4 Å². The second-order valence-electron chi connectivity index (χ2n) is 5.48. The molecule has 0 spiro atoms. The van der Waals surface area contributed by atoms with Crippen LogP contribution in [0.1, 0.15) is 39.0 Å². The average molecular weight is 290 g/mol. The Morgan fingerprint density at radius 3 is 3.05 bits per heavy atom. The molecule has 0 atom stereocenters. The van der Waals surface area contributed by atoms with Gasteiger partial charge in [-0.1, -0.05) is 19.8 Å². The summed E-state index contributed by atoms with van der Waals surface area (Å²) >= 11 is 1.86. The second-order valence-corrected chi connectivity index (χ2v) is 6.49. The SMILES string of the molecule is CCCNc1cn2ccnc2c(SCC2CCCC2)n1. The van der Waals surface area contributed by atoms with Crippen LogP contribution in [0.25, 0.3) is 5.65 Å². The fourth-order valence-electron chi connectivity index (χ4n) is 2.71. The Balaban J connectivity index is 1.77. The van der Waals surface area contributed by atoms with E-state index in [-0.39, 0.29) is 0 Å². The molecule has 1 N–H and O–H groups in total. The van der Waals surface area contributed by atoms with Crippen molar-refractivity contribution in [3.05, 3.63) is 18.6 Å². The van der Waals surface area contributed by atoms with Crippen LogP contribution in [0.3, 0.4) is 0 Å². The van der Waals surface area contributed by atoms with Gasteiger partial charge in [0.2, 0.25) is 0 Å². The van der Waals surface area contributed by atoms with E-state index in [9.17, 15) is 0 Å². The number of hydrogen-bond donors (Lipinski definition) is 1. The topological polar surface area (TPSA) is 42.2 Å². The third-order valence-corrected chi connectivity index (χ3v) is 5.02. The molecule has 1 aliphatic carbocycles. The van der Waals surface area contributed by atoms with Gasteiger partial charge in [0.05, 0.1) is 6.20 Å². The number of imidazole rings is 1. The number of thioether (sulfide) groups is 1. The van der Waals surface area contributed by atoms with Crippen molar-refractivity contribution >= 4 is 23.2 Å². The van der Waals surface area contributed by atoms with Crippen molar-refractivity contribution in [3.8, 4) is 0 Å². The van der Waals surface area contributed by atoms with Crippen molar-refractivity contribution in [2.24, 2.45) is 5.92 Å². The number of hydrogen-bond acceptors (Lipinski definition) is 4. The molecule has 0 saturated heterocycles. The summed E-state index contributed by atoms with van der Waals surface area (Å²) in [5, 5.41) is 4.43. The molecule has 0 aromatic carbocycles. The quantitative estimate of drug-likeness (QED) is 0.821. The molecule has 0 aliphatic heterocycles. The van der Waals surface area contributed by atoms with Gasteiger partial charge >= 0.3 is 0 Å². The highest BCUT2D eigenvalue weighted by atomic mass is 32.2. The lowest BCUT2D eigenvalue weighted by Crippen LogP contribution is -2.05. The largest absolute Gasteiger partial charge is 0.369 e. The molecule has 0 bridgehead atoms. The number of nitrogens with zero attached hydrogens (tertiary/aromatic N) is 3. The highest BCUT2D eigenvalue weighted by Gasteiger charge is 2.17. The predicted octanol–water partition coefficient (Wildman–Crippen LogP) is 3.83. The summed E-state index contributed by atoms with van der Waals surface area (Å²) in [6.07, 6.45) is 12.5. The van der Waals surface area contributed by atoms with Crippen molar-refractivity contribution < 1.29 is 0 Å². The van der Waals surface area contributed by atoms with Gasteiger partial charge in [0, 0.05) is 24.7 Å². The van der Waals surface area contributed by atoms with Gasteiger partial charge in [0.15, 0.2) is 5.65 Å². The second kappa shape index (κ2) is 6.48. The van der Waals surface area contributed by atoms with E-state index in [4.69, 9.17) is 4.98 Å². The molecule has 2 heterocycles. The van der Waals surface area contributed by atoms with E-state index in [1.807, 2.05) is 30.4 Å². The molecule has 108 valence electrons. The normalized spacial score (nSPS) is 16.1. The van der Waals surface area contributed by atoms with Crippen LogP contribution in [0.15, 0.2) is 23.6 Å². The molecular formula is C15H22N4S. The van der Waals surface area contributed by atoms with Gasteiger partial charge in [0.25, 0.3) is 0 Å². The number of anilines is 1. The van der Waals surface area contributed by atoms with E-state index in [1.54, 1.807) is 0 Å². The van der Waals surface area contributed by atoms with Crippen molar-refractivity contribution in [2.45, 2.75) is 44.1 Å². The molecule has 4 nitrogen and oxygen atoms in total. The van der Waals surface area contributed by atoms with E-state index >= 15 is 0 Å². The fraction of sp³-hybridized carbons (Fsp3) is 0.600. The Morgan fingerprint density at radius 2 is 2.25 bits per heavy atom. The first-order valence-corrected chi connectivity index (χ1v) is 8.55. The predicted molar refractivity (Wildman–Crippen MR) is 84.4 cm³/mol. The summed E-state index contributed by atoms with van der Waals surface area (Å²) in [6, 6.07) is 0. The van der Waals surface area contributed by atoms with Gasteiger partial charge in [-0.05, 0) is 25.2 Å². The third kappa shape index (κ3) is 3.08. The molecule has 5 heteroatoms. The maximum absolute atomic E-state index is 4.74. The van der Waals surface area contributed by atoms with Crippen molar-refractivity contribution in [2.75, 3.05) is 17.6 Å². The van der Waals surface area contributed by atoms with Gasteiger partial charge in [-0.15, -0.1) is 11.8 Å². The Bertz CT molecular complexity index is 560. The minimum Gasteiger partial charge on any atom is -0.369 e. The number of nitrogens with one attached hydrogen (secondary N) is 1. The highest BCUT2D eigenvalue weighted by molar-refractivity contribution is 7.99. The summed E-state index contributed by atoms with van der Waals surface area (Å²) in [5.41, 5.74) is 0.982. The van der Waals surface area contributed by atoms with Gasteiger partial charge in [-0.3, -0.25) is 0 Å². The average Bonchev–Trinajstić information content (AvgIpc) is 3.13. The van der Waals surface area contributed by atoms with Crippen LogP contribution in [-0.4, -0.2) is 26.7 Å². The number of aromatic nitrogens is 3. The standard InChI is InChI=1S/C15H22N4S/c1-2-7-16-13-10-19-9-8-17-14(19)15(18-13)20-11-12-5-3-4-6-12/h8-10,12,16H,2-7,11H2,1H3. The van der Waals surface area contributed by atoms with Crippen LogP contribution in [-0.2, 0) is 0 Å². The van der Waals surface area contributed by atoms with E-state index < -0.39 is 0 Å². The molecular weight excluding hydrogens is 268 g/mol. The summed E-state index contributed by atoms with van der Waals surface area (Å²) in [5.74, 6) is 2.99. The van der Waals surface area contributed by atoms with Crippen LogP contribution in [0, 0.1) is 5.92 Å². The van der Waals surface area contributed by atoms with E-state index in [0.717, 1.165) is 35.4 Å². The molecule has 20 heavy (non-hydrogen) atoms. The zero-order chi connectivity index (χ0) is 13.8. The first-order valence-electron chi connectivity index (χ1n) is 7.57. The maximum Gasteiger partial charge on any atom is 0.169 e. The smallest absolute Gasteiger partial charge is 0.169 e. The number of rotatable bonds is 6. The summed E-state index contributed by atoms with van der Waals surface area (Å²) in [6.45, 7) is 3.12. The number of fused-ring (bicyclic) bond motifs is 1. The van der Waals surface area contributed by atoms with Crippen LogP contribution in [0.2, 0.25) is 0 Å². The van der Waals surface area contributed by atoms with Crippen molar-refractivity contribution in [1.29, 1.82) is 0 Å². The van der Waals surface area contributed by atoms with E-state index in [0.29, 0.717) is 0 Å². The van der Waals surface area contributed by atoms with E-state index in [2.05, 4.69) is 21.6 Å². The fourth-order valence-corrected chi connectivity index (χ4v) is 3.89. The van der Waals surface area contributed by atoms with E-state index in [1.165, 1.54) is 31.4 Å². The molecule has 1 aliphatic rings. The zero-order valence-electron chi connectivity index (χ0n) is 12.0. The van der Waals surface area contributed by atoms with Gasteiger partial charge in [0.1, 0.15) is 10.8 Å². The van der Waals surface area contributed by atoms with Crippen LogP contribution < -0.4 is 5.32 Å². The monoisotopic (exact) mass is 290 g/mol. The van der Waals surface area contributed by atoms with Gasteiger partial charge < -0.3 is 9.72 Å². The van der Waals surface area contributed by atoms with Gasteiger partial charge in [-0.25, -0.2) is 9.97 Å². The third-order valence-electron chi connectivity index (χ3n) is 3.83. The summed E-state index contributed by atoms with van der Waals surface area (Å²) in [7, 11) is 0. The molecule has 1 saturated carbocycles. The van der Waals surface area contributed by atoms with Crippen molar-refractivity contribution in [3.63, 3.8) is 0 Å².